The van der Waals surface area contributed by atoms with Gasteiger partial charge >= 0.3 is 0 Å². The molecule has 0 radical (unpaired) electrons. The number of nitrogens with two attached hydrogens (primary N) is 1. The number of unbranched alkanes of at least 4 members (excludes halogenated alkanes) is 2. The first kappa shape index (κ1) is 13.3. The molecule has 0 atom stereocenters. The molecule has 3 N–H and O–H groups in total. The SMILES string of the molecule is CCCCCNS(=O)(=O)c1c(N)nc2sccn12. The third-order valence-electron chi connectivity index (χ3n) is 2.57. The number of fused-ring (bicyclic) bond motifs is 1. The summed E-state index contributed by atoms with van der Waals surface area (Å²) in [5, 5.41) is 1.81. The molecule has 0 spiro atoms. The molecule has 2 heterocycles. The van der Waals surface area contributed by atoms with Gasteiger partial charge in [0.2, 0.25) is 0 Å². The van der Waals surface area contributed by atoms with Crippen molar-refractivity contribution in [2.45, 2.75) is 31.2 Å². The number of sulfonamides is 1. The van der Waals surface area contributed by atoms with Crippen LogP contribution in [0, 0.1) is 0 Å². The lowest BCUT2D eigenvalue weighted by Crippen LogP contribution is -2.26. The molecule has 0 aliphatic heterocycles. The van der Waals surface area contributed by atoms with Crippen LogP contribution in [0.5, 0.6) is 0 Å². The van der Waals surface area contributed by atoms with Gasteiger partial charge in [0.05, 0.1) is 0 Å². The summed E-state index contributed by atoms with van der Waals surface area (Å²) in [6.45, 7) is 2.49. The first-order valence-electron chi connectivity index (χ1n) is 5.77. The van der Waals surface area contributed by atoms with E-state index in [0.29, 0.717) is 11.5 Å². The monoisotopic (exact) mass is 288 g/mol. The average Bonchev–Trinajstić information content (AvgIpc) is 2.83. The smallest absolute Gasteiger partial charge is 0.260 e. The second-order valence-corrected chi connectivity index (χ2v) is 6.52. The molecule has 0 aliphatic carbocycles. The minimum atomic E-state index is -3.59. The fraction of sp³-hybridized carbons (Fsp3) is 0.500. The first-order chi connectivity index (χ1) is 8.56. The fourth-order valence-corrected chi connectivity index (χ4v) is 3.75. The number of imidazole rings is 1. The van der Waals surface area contributed by atoms with Crippen LogP contribution in [0.2, 0.25) is 0 Å². The Morgan fingerprint density at radius 3 is 3.00 bits per heavy atom. The number of aromatic nitrogens is 2. The molecule has 2 aromatic rings. The van der Waals surface area contributed by atoms with E-state index in [1.54, 1.807) is 11.6 Å². The van der Waals surface area contributed by atoms with Gasteiger partial charge in [0.1, 0.15) is 0 Å². The molecule has 0 saturated carbocycles. The Hall–Kier alpha value is -1.12. The van der Waals surface area contributed by atoms with Gasteiger partial charge in [0.15, 0.2) is 15.8 Å². The Labute approximate surface area is 110 Å². The number of hydrogen-bond acceptors (Lipinski definition) is 5. The summed E-state index contributed by atoms with van der Waals surface area (Å²) in [6, 6.07) is 0. The molecule has 0 aromatic carbocycles. The maximum Gasteiger partial charge on any atom is 0.260 e. The molecule has 0 fully saturated rings. The van der Waals surface area contributed by atoms with E-state index in [9.17, 15) is 8.42 Å². The van der Waals surface area contributed by atoms with Crippen LogP contribution in [0.3, 0.4) is 0 Å². The van der Waals surface area contributed by atoms with E-state index in [-0.39, 0.29) is 10.8 Å². The second-order valence-electron chi connectivity index (χ2n) is 3.96. The lowest BCUT2D eigenvalue weighted by Gasteiger charge is -2.05. The number of nitrogens with one attached hydrogen (secondary N) is 1. The number of nitrogens with zero attached hydrogens (tertiary/aromatic N) is 2. The van der Waals surface area contributed by atoms with Gasteiger partial charge in [-0.25, -0.2) is 18.1 Å². The third-order valence-corrected chi connectivity index (χ3v) is 4.83. The molecule has 0 unspecified atom stereocenters. The lowest BCUT2D eigenvalue weighted by molar-refractivity contribution is 0.572. The Kier molecular flexibility index (Phi) is 3.88. The van der Waals surface area contributed by atoms with Crippen molar-refractivity contribution in [3.8, 4) is 0 Å². The maximum absolute atomic E-state index is 12.1. The van der Waals surface area contributed by atoms with Crippen molar-refractivity contribution >= 4 is 32.1 Å². The summed E-state index contributed by atoms with van der Waals surface area (Å²) < 4.78 is 28.3. The first-order valence-corrected chi connectivity index (χ1v) is 8.13. The van der Waals surface area contributed by atoms with Crippen LogP contribution in [0.4, 0.5) is 5.82 Å². The minimum Gasteiger partial charge on any atom is -0.381 e. The van der Waals surface area contributed by atoms with Crippen molar-refractivity contribution in [2.24, 2.45) is 0 Å². The van der Waals surface area contributed by atoms with E-state index in [1.165, 1.54) is 15.7 Å². The largest absolute Gasteiger partial charge is 0.381 e. The number of nitrogen functional groups attached to an aromatic ring is 1. The molecule has 0 saturated heterocycles. The van der Waals surface area contributed by atoms with Gasteiger partial charge in [0, 0.05) is 18.1 Å². The van der Waals surface area contributed by atoms with E-state index in [2.05, 4.69) is 16.6 Å². The molecule has 8 heteroatoms. The zero-order chi connectivity index (χ0) is 13.2. The molecule has 0 aliphatic rings. The Balaban J connectivity index is 2.23. The van der Waals surface area contributed by atoms with Gasteiger partial charge in [0.25, 0.3) is 10.0 Å². The molecular weight excluding hydrogens is 272 g/mol. The van der Waals surface area contributed by atoms with Crippen molar-refractivity contribution in [3.05, 3.63) is 11.6 Å². The van der Waals surface area contributed by atoms with Gasteiger partial charge in [-0.05, 0) is 6.42 Å². The van der Waals surface area contributed by atoms with Gasteiger partial charge in [-0.15, -0.1) is 11.3 Å². The lowest BCUT2D eigenvalue weighted by atomic mass is 10.3. The quantitative estimate of drug-likeness (QED) is 0.787. The van der Waals surface area contributed by atoms with E-state index < -0.39 is 10.0 Å². The van der Waals surface area contributed by atoms with Crippen LogP contribution in [-0.4, -0.2) is 24.3 Å². The van der Waals surface area contributed by atoms with Crippen molar-refractivity contribution in [1.82, 2.24) is 14.1 Å². The highest BCUT2D eigenvalue weighted by Crippen LogP contribution is 2.22. The van der Waals surface area contributed by atoms with Crippen LogP contribution < -0.4 is 10.5 Å². The standard InChI is InChI=1S/C10H16N4O2S2/c1-2-3-4-5-12-18(15,16)9-8(11)13-10-14(9)6-7-17-10/h6-7,12H,2-5,11H2,1H3. The molecule has 18 heavy (non-hydrogen) atoms. The topological polar surface area (TPSA) is 89.5 Å². The van der Waals surface area contributed by atoms with Crippen molar-refractivity contribution in [3.63, 3.8) is 0 Å². The number of anilines is 1. The minimum absolute atomic E-state index is 0.0373. The zero-order valence-corrected chi connectivity index (χ0v) is 11.7. The highest BCUT2D eigenvalue weighted by Gasteiger charge is 2.23. The Morgan fingerprint density at radius 2 is 2.28 bits per heavy atom. The van der Waals surface area contributed by atoms with E-state index in [0.717, 1.165) is 19.3 Å². The summed E-state index contributed by atoms with van der Waals surface area (Å²) in [7, 11) is -3.59. The van der Waals surface area contributed by atoms with E-state index in [1.807, 2.05) is 0 Å². The third kappa shape index (κ3) is 2.50. The molecule has 100 valence electrons. The fourth-order valence-electron chi connectivity index (χ4n) is 1.70. The van der Waals surface area contributed by atoms with Crippen LogP contribution >= 0.6 is 11.3 Å². The molecule has 0 bridgehead atoms. The predicted octanol–water partition coefficient (Wildman–Crippen LogP) is 1.45. The number of hydrogen-bond donors (Lipinski definition) is 2. The Bertz CT molecular complexity index is 629. The number of rotatable bonds is 6. The molecular formula is C10H16N4O2S2. The number of thiazole rings is 1. The van der Waals surface area contributed by atoms with Crippen molar-refractivity contribution in [1.29, 1.82) is 0 Å². The van der Waals surface area contributed by atoms with Gasteiger partial charge in [-0.3, -0.25) is 4.40 Å². The zero-order valence-electron chi connectivity index (χ0n) is 10.1. The summed E-state index contributed by atoms with van der Waals surface area (Å²) in [6.07, 6.45) is 4.52. The second kappa shape index (κ2) is 5.25. The predicted molar refractivity (Wildman–Crippen MR) is 72.2 cm³/mol. The summed E-state index contributed by atoms with van der Waals surface area (Å²) >= 11 is 1.35. The Morgan fingerprint density at radius 1 is 1.50 bits per heavy atom. The van der Waals surface area contributed by atoms with Crippen LogP contribution in [0.25, 0.3) is 4.96 Å². The maximum atomic E-state index is 12.1. The van der Waals surface area contributed by atoms with Gasteiger partial charge in [-0.2, -0.15) is 0 Å². The van der Waals surface area contributed by atoms with Crippen molar-refractivity contribution in [2.75, 3.05) is 12.3 Å². The van der Waals surface area contributed by atoms with Gasteiger partial charge < -0.3 is 5.73 Å². The van der Waals surface area contributed by atoms with Gasteiger partial charge in [-0.1, -0.05) is 19.8 Å². The van der Waals surface area contributed by atoms with E-state index in [4.69, 9.17) is 5.73 Å². The highest BCUT2D eigenvalue weighted by molar-refractivity contribution is 7.89. The van der Waals surface area contributed by atoms with Crippen LogP contribution in [0.1, 0.15) is 26.2 Å². The average molecular weight is 288 g/mol. The van der Waals surface area contributed by atoms with Crippen molar-refractivity contribution < 1.29 is 8.42 Å². The summed E-state index contributed by atoms with van der Waals surface area (Å²) in [5.74, 6) is 0.0461. The molecule has 6 nitrogen and oxygen atoms in total. The molecule has 2 aromatic heterocycles. The molecule has 0 amide bonds. The highest BCUT2D eigenvalue weighted by atomic mass is 32.2. The van der Waals surface area contributed by atoms with Crippen LogP contribution in [-0.2, 0) is 10.0 Å². The van der Waals surface area contributed by atoms with Crippen LogP contribution in [0.15, 0.2) is 16.6 Å². The summed E-state index contributed by atoms with van der Waals surface area (Å²) in [5.41, 5.74) is 5.67. The normalized spacial score (nSPS) is 12.3. The molecule has 2 rings (SSSR count). The summed E-state index contributed by atoms with van der Waals surface area (Å²) in [4.78, 5) is 4.61. The van der Waals surface area contributed by atoms with E-state index >= 15 is 0 Å².